The Morgan fingerprint density at radius 3 is 2.41 bits per heavy atom. The Morgan fingerprint density at radius 2 is 1.79 bits per heavy atom. The monoisotopic (exact) mass is 411 g/mol. The van der Waals surface area contributed by atoms with Crippen LogP contribution in [0.15, 0.2) is 29.7 Å². The molecule has 0 saturated heterocycles. The van der Waals surface area contributed by atoms with Crippen molar-refractivity contribution < 1.29 is 4.79 Å². The van der Waals surface area contributed by atoms with Gasteiger partial charge in [-0.2, -0.15) is 0 Å². The van der Waals surface area contributed by atoms with Gasteiger partial charge in [-0.15, -0.1) is 10.2 Å². The van der Waals surface area contributed by atoms with E-state index in [1.807, 2.05) is 23.7 Å². The minimum atomic E-state index is 0.103. The van der Waals surface area contributed by atoms with E-state index in [4.69, 9.17) is 0 Å². The first kappa shape index (κ1) is 19.1. The van der Waals surface area contributed by atoms with E-state index >= 15 is 0 Å². The zero-order valence-electron chi connectivity index (χ0n) is 17.2. The summed E-state index contributed by atoms with van der Waals surface area (Å²) in [6.45, 7) is 2.24. The van der Waals surface area contributed by atoms with Crippen LogP contribution >= 0.6 is 11.8 Å². The lowest BCUT2D eigenvalue weighted by atomic mass is 9.48. The van der Waals surface area contributed by atoms with Gasteiger partial charge in [0, 0.05) is 31.0 Å². The summed E-state index contributed by atoms with van der Waals surface area (Å²) in [5, 5.41) is 12.7. The van der Waals surface area contributed by atoms with Crippen LogP contribution in [-0.4, -0.2) is 37.5 Å². The van der Waals surface area contributed by atoms with Crippen molar-refractivity contribution in [3.8, 4) is 11.4 Å². The van der Waals surface area contributed by atoms with Crippen LogP contribution in [0.4, 0.5) is 0 Å². The number of amides is 1. The quantitative estimate of drug-likeness (QED) is 0.734. The summed E-state index contributed by atoms with van der Waals surface area (Å²) in [6, 6.07) is 4.09. The van der Waals surface area contributed by atoms with Crippen LogP contribution in [-0.2, 0) is 11.8 Å². The van der Waals surface area contributed by atoms with E-state index in [1.165, 1.54) is 50.3 Å². The van der Waals surface area contributed by atoms with Crippen molar-refractivity contribution in [2.24, 2.45) is 30.2 Å². The summed E-state index contributed by atoms with van der Waals surface area (Å²) in [6.07, 6.45) is 11.7. The van der Waals surface area contributed by atoms with E-state index in [1.54, 1.807) is 12.4 Å². The highest BCUT2D eigenvalue weighted by molar-refractivity contribution is 7.99. The van der Waals surface area contributed by atoms with Crippen molar-refractivity contribution >= 4 is 17.7 Å². The molecule has 2 aromatic rings. The molecule has 2 aromatic heterocycles. The molecule has 4 aliphatic rings. The number of carbonyl (C=O) groups is 1. The van der Waals surface area contributed by atoms with Gasteiger partial charge in [0.2, 0.25) is 5.91 Å². The van der Waals surface area contributed by atoms with Crippen molar-refractivity contribution in [3.63, 3.8) is 0 Å². The van der Waals surface area contributed by atoms with Gasteiger partial charge in [-0.25, -0.2) is 0 Å². The summed E-state index contributed by atoms with van der Waals surface area (Å²) in [7, 11) is 1.94. The van der Waals surface area contributed by atoms with Gasteiger partial charge in [0.15, 0.2) is 11.0 Å². The smallest absolute Gasteiger partial charge is 0.230 e. The molecule has 29 heavy (non-hydrogen) atoms. The van der Waals surface area contributed by atoms with E-state index in [2.05, 4.69) is 27.4 Å². The molecule has 4 bridgehead atoms. The molecule has 0 unspecified atom stereocenters. The average molecular weight is 412 g/mol. The van der Waals surface area contributed by atoms with E-state index in [0.717, 1.165) is 34.3 Å². The van der Waals surface area contributed by atoms with Crippen molar-refractivity contribution in [3.05, 3.63) is 24.5 Å². The number of thioether (sulfide) groups is 1. The SMILES string of the molecule is C[C@@H](NC(=O)CSc1nnc(-c2ccncc2)n1C)C12CC3CC(CC(C3)C1)C2. The number of pyridine rings is 1. The molecule has 4 aliphatic carbocycles. The Balaban J connectivity index is 1.19. The normalized spacial score (nSPS) is 31.0. The number of nitrogens with one attached hydrogen (secondary N) is 1. The van der Waals surface area contributed by atoms with Gasteiger partial charge in [-0.1, -0.05) is 11.8 Å². The fraction of sp³-hybridized carbons (Fsp3) is 0.636. The molecule has 1 N–H and O–H groups in total. The standard InChI is InChI=1S/C22H29N5OS/c1-14(22-10-15-7-16(11-22)9-17(8-15)12-22)24-19(28)13-29-21-26-25-20(27(21)2)18-3-5-23-6-4-18/h3-6,14-17H,7-13H2,1-2H3,(H,24,28)/t14-,15?,16?,17?,22?/m1/s1. The highest BCUT2D eigenvalue weighted by atomic mass is 32.2. The van der Waals surface area contributed by atoms with Gasteiger partial charge in [0.1, 0.15) is 0 Å². The predicted molar refractivity (Wildman–Crippen MR) is 113 cm³/mol. The van der Waals surface area contributed by atoms with Gasteiger partial charge >= 0.3 is 0 Å². The van der Waals surface area contributed by atoms with Crippen molar-refractivity contribution in [1.82, 2.24) is 25.1 Å². The minimum Gasteiger partial charge on any atom is -0.352 e. The first-order valence-corrected chi connectivity index (χ1v) is 11.7. The lowest BCUT2D eigenvalue weighted by Crippen LogP contribution is -2.56. The fourth-order valence-electron chi connectivity index (χ4n) is 6.47. The van der Waals surface area contributed by atoms with E-state index in [-0.39, 0.29) is 11.9 Å². The molecule has 7 heteroatoms. The molecule has 2 heterocycles. The summed E-state index contributed by atoms with van der Waals surface area (Å²) in [5.41, 5.74) is 1.32. The van der Waals surface area contributed by atoms with E-state index in [9.17, 15) is 4.79 Å². The summed E-state index contributed by atoms with van der Waals surface area (Å²) in [4.78, 5) is 16.8. The van der Waals surface area contributed by atoms with Crippen LogP contribution in [0.3, 0.4) is 0 Å². The predicted octanol–water partition coefficient (Wildman–Crippen LogP) is 3.69. The molecule has 1 amide bonds. The van der Waals surface area contributed by atoms with Gasteiger partial charge in [-0.3, -0.25) is 9.78 Å². The number of nitrogens with zero attached hydrogens (tertiary/aromatic N) is 4. The third-order valence-corrected chi connectivity index (χ3v) is 8.51. The molecule has 0 radical (unpaired) electrons. The van der Waals surface area contributed by atoms with Crippen LogP contribution in [0.25, 0.3) is 11.4 Å². The Labute approximate surface area is 176 Å². The first-order chi connectivity index (χ1) is 14.0. The van der Waals surface area contributed by atoms with Crippen LogP contribution in [0.1, 0.15) is 45.4 Å². The van der Waals surface area contributed by atoms with Gasteiger partial charge in [0.25, 0.3) is 0 Å². The minimum absolute atomic E-state index is 0.103. The Morgan fingerprint density at radius 1 is 1.17 bits per heavy atom. The van der Waals surface area contributed by atoms with Gasteiger partial charge in [0.05, 0.1) is 5.75 Å². The van der Waals surface area contributed by atoms with Crippen molar-refractivity contribution in [1.29, 1.82) is 0 Å². The summed E-state index contributed by atoms with van der Waals surface area (Å²) in [5.74, 6) is 3.98. The average Bonchev–Trinajstić information content (AvgIpc) is 3.06. The second-order valence-corrected chi connectivity index (χ2v) is 10.4. The van der Waals surface area contributed by atoms with Crippen LogP contribution in [0, 0.1) is 23.2 Å². The number of hydrogen-bond acceptors (Lipinski definition) is 5. The molecule has 1 atom stereocenters. The molecule has 6 rings (SSSR count). The van der Waals surface area contributed by atoms with E-state index in [0.29, 0.717) is 11.2 Å². The molecule has 0 aromatic carbocycles. The maximum atomic E-state index is 12.7. The Kier molecular flexibility index (Phi) is 4.88. The Bertz CT molecular complexity index is 861. The molecule has 4 saturated carbocycles. The number of rotatable bonds is 6. The molecule has 0 aliphatic heterocycles. The third-order valence-electron chi connectivity index (χ3n) is 7.49. The second kappa shape index (κ2) is 7.42. The van der Waals surface area contributed by atoms with Crippen molar-refractivity contribution in [2.75, 3.05) is 5.75 Å². The topological polar surface area (TPSA) is 72.7 Å². The van der Waals surface area contributed by atoms with Crippen LogP contribution in [0.5, 0.6) is 0 Å². The molecule has 4 fully saturated rings. The third kappa shape index (κ3) is 3.58. The maximum Gasteiger partial charge on any atom is 0.230 e. The molecule has 0 spiro atoms. The highest BCUT2D eigenvalue weighted by Gasteiger charge is 2.53. The zero-order chi connectivity index (χ0) is 20.0. The molecule has 6 nitrogen and oxygen atoms in total. The molecular weight excluding hydrogens is 382 g/mol. The fourth-order valence-corrected chi connectivity index (χ4v) is 7.19. The molecule has 154 valence electrons. The molecular formula is C22H29N5OS. The Hall–Kier alpha value is -1.89. The van der Waals surface area contributed by atoms with Gasteiger partial charge in [-0.05, 0) is 80.8 Å². The maximum absolute atomic E-state index is 12.7. The van der Waals surface area contributed by atoms with Gasteiger partial charge < -0.3 is 9.88 Å². The van der Waals surface area contributed by atoms with Crippen molar-refractivity contribution in [2.45, 2.75) is 56.6 Å². The van der Waals surface area contributed by atoms with Crippen LogP contribution < -0.4 is 5.32 Å². The number of carbonyl (C=O) groups excluding carboxylic acids is 1. The zero-order valence-corrected chi connectivity index (χ0v) is 18.0. The summed E-state index contributed by atoms with van der Waals surface area (Å²) >= 11 is 1.45. The first-order valence-electron chi connectivity index (χ1n) is 10.7. The lowest BCUT2D eigenvalue weighted by molar-refractivity contribution is -0.123. The van der Waals surface area contributed by atoms with E-state index < -0.39 is 0 Å². The van der Waals surface area contributed by atoms with Crippen LogP contribution in [0.2, 0.25) is 0 Å². The largest absolute Gasteiger partial charge is 0.352 e. The lowest BCUT2D eigenvalue weighted by Gasteiger charge is -2.59. The second-order valence-electron chi connectivity index (χ2n) is 9.46. The highest BCUT2D eigenvalue weighted by Crippen LogP contribution is 2.61. The number of aromatic nitrogens is 4. The number of hydrogen-bond donors (Lipinski definition) is 1. The summed E-state index contributed by atoms with van der Waals surface area (Å²) < 4.78 is 1.94.